The largest absolute Gasteiger partial charge is 0.494 e. The van der Waals surface area contributed by atoms with Crippen LogP contribution in [0, 0.1) is 0 Å². The monoisotopic (exact) mass is 382 g/mol. The number of benzene rings is 2. The number of rotatable bonds is 6. The minimum atomic E-state index is -0.238. The van der Waals surface area contributed by atoms with Crippen molar-refractivity contribution in [3.05, 3.63) is 53.4 Å². The van der Waals surface area contributed by atoms with Crippen LogP contribution >= 0.6 is 11.3 Å². The van der Waals surface area contributed by atoms with E-state index in [4.69, 9.17) is 14.2 Å². The molecule has 27 heavy (non-hydrogen) atoms. The maximum Gasteiger partial charge on any atom is 0.257 e. The lowest BCUT2D eigenvalue weighted by molar-refractivity contribution is 0.102. The molecule has 1 aromatic heterocycles. The molecule has 0 fully saturated rings. The molecule has 2 aromatic carbocycles. The third-order valence-corrected chi connectivity index (χ3v) is 4.74. The van der Waals surface area contributed by atoms with Crippen molar-refractivity contribution in [1.82, 2.24) is 4.98 Å². The van der Waals surface area contributed by atoms with Gasteiger partial charge < -0.3 is 14.2 Å². The highest BCUT2D eigenvalue weighted by Crippen LogP contribution is 2.33. The lowest BCUT2D eigenvalue weighted by atomic mass is 10.2. The Morgan fingerprint density at radius 2 is 2.00 bits per heavy atom. The van der Waals surface area contributed by atoms with Crippen LogP contribution in [-0.4, -0.2) is 24.3 Å². The zero-order valence-electron chi connectivity index (χ0n) is 14.7. The Morgan fingerprint density at radius 3 is 2.81 bits per heavy atom. The number of fused-ring (bicyclic) bond motifs is 1. The molecule has 4 rings (SSSR count). The molecule has 2 heterocycles. The summed E-state index contributed by atoms with van der Waals surface area (Å²) in [5.41, 5.74) is 2.27. The van der Waals surface area contributed by atoms with Gasteiger partial charge in [-0.15, -0.1) is 11.3 Å². The molecule has 0 aliphatic carbocycles. The molecular formula is C20H18N2O4S. The van der Waals surface area contributed by atoms with E-state index in [0.29, 0.717) is 28.8 Å². The van der Waals surface area contributed by atoms with Crippen molar-refractivity contribution in [3.8, 4) is 28.5 Å². The van der Waals surface area contributed by atoms with Crippen molar-refractivity contribution < 1.29 is 19.0 Å². The van der Waals surface area contributed by atoms with Gasteiger partial charge in [0.05, 0.1) is 12.3 Å². The highest BCUT2D eigenvalue weighted by Gasteiger charge is 2.17. The van der Waals surface area contributed by atoms with Crippen LogP contribution in [0.15, 0.2) is 47.8 Å². The Bertz CT molecular complexity index is 953. The van der Waals surface area contributed by atoms with Crippen LogP contribution in [0.25, 0.3) is 11.3 Å². The summed E-state index contributed by atoms with van der Waals surface area (Å²) in [4.78, 5) is 16.9. The van der Waals surface area contributed by atoms with E-state index in [9.17, 15) is 4.79 Å². The van der Waals surface area contributed by atoms with Crippen LogP contribution < -0.4 is 19.5 Å². The van der Waals surface area contributed by atoms with E-state index < -0.39 is 0 Å². The smallest absolute Gasteiger partial charge is 0.257 e. The predicted molar refractivity (Wildman–Crippen MR) is 104 cm³/mol. The predicted octanol–water partition coefficient (Wildman–Crippen LogP) is 4.58. The van der Waals surface area contributed by atoms with Crippen molar-refractivity contribution >= 4 is 22.4 Å². The topological polar surface area (TPSA) is 69.7 Å². The van der Waals surface area contributed by atoms with Crippen LogP contribution in [0.4, 0.5) is 5.13 Å². The molecule has 1 amide bonds. The summed E-state index contributed by atoms with van der Waals surface area (Å²) in [6.07, 6.45) is 0.972. The van der Waals surface area contributed by atoms with Gasteiger partial charge in [-0.25, -0.2) is 4.98 Å². The van der Waals surface area contributed by atoms with Gasteiger partial charge in [0.25, 0.3) is 5.91 Å². The highest BCUT2D eigenvalue weighted by molar-refractivity contribution is 7.14. The van der Waals surface area contributed by atoms with Crippen LogP contribution in [-0.2, 0) is 0 Å². The second-order valence-electron chi connectivity index (χ2n) is 5.93. The first-order valence-corrected chi connectivity index (χ1v) is 9.50. The zero-order chi connectivity index (χ0) is 18.6. The maximum absolute atomic E-state index is 12.4. The molecule has 0 radical (unpaired) electrons. The molecule has 1 aliphatic heterocycles. The van der Waals surface area contributed by atoms with Gasteiger partial charge >= 0.3 is 0 Å². The quantitative estimate of drug-likeness (QED) is 0.676. The molecule has 1 aliphatic rings. The van der Waals surface area contributed by atoms with E-state index in [2.05, 4.69) is 17.2 Å². The fourth-order valence-corrected chi connectivity index (χ4v) is 3.33. The first-order chi connectivity index (χ1) is 13.2. The summed E-state index contributed by atoms with van der Waals surface area (Å²) in [5.74, 6) is 1.83. The molecule has 7 heteroatoms. The van der Waals surface area contributed by atoms with Gasteiger partial charge in [0.1, 0.15) is 5.75 Å². The summed E-state index contributed by atoms with van der Waals surface area (Å²) in [6.45, 7) is 2.95. The lowest BCUT2D eigenvalue weighted by Gasteiger charge is -2.05. The fraction of sp³-hybridized carbons (Fsp3) is 0.200. The van der Waals surface area contributed by atoms with E-state index in [-0.39, 0.29) is 12.7 Å². The van der Waals surface area contributed by atoms with Crippen molar-refractivity contribution in [2.24, 2.45) is 0 Å². The van der Waals surface area contributed by atoms with Crippen molar-refractivity contribution in [2.75, 3.05) is 18.7 Å². The average molecular weight is 382 g/mol. The van der Waals surface area contributed by atoms with E-state index >= 15 is 0 Å². The number of nitrogens with one attached hydrogen (secondary N) is 1. The number of nitrogens with zero attached hydrogens (tertiary/aromatic N) is 1. The van der Waals surface area contributed by atoms with Gasteiger partial charge in [-0.05, 0) is 48.9 Å². The van der Waals surface area contributed by atoms with Gasteiger partial charge in [-0.3, -0.25) is 10.1 Å². The molecule has 1 N–H and O–H groups in total. The molecule has 0 saturated heterocycles. The number of ether oxygens (including phenoxy) is 3. The summed E-state index contributed by atoms with van der Waals surface area (Å²) >= 11 is 1.38. The van der Waals surface area contributed by atoms with Gasteiger partial charge in [-0.2, -0.15) is 0 Å². The van der Waals surface area contributed by atoms with Crippen molar-refractivity contribution in [3.63, 3.8) is 0 Å². The molecule has 0 bridgehead atoms. The number of carbonyl (C=O) groups is 1. The van der Waals surface area contributed by atoms with Crippen LogP contribution in [0.5, 0.6) is 17.2 Å². The number of hydrogen-bond acceptors (Lipinski definition) is 6. The van der Waals surface area contributed by atoms with Gasteiger partial charge in [0.2, 0.25) is 6.79 Å². The number of carbonyl (C=O) groups excluding carboxylic acids is 1. The first kappa shape index (κ1) is 17.4. The Labute approximate surface area is 160 Å². The average Bonchev–Trinajstić information content (AvgIpc) is 3.35. The molecule has 138 valence electrons. The van der Waals surface area contributed by atoms with Crippen molar-refractivity contribution in [1.29, 1.82) is 0 Å². The third kappa shape index (κ3) is 3.88. The van der Waals surface area contributed by atoms with Crippen LogP contribution in [0.3, 0.4) is 0 Å². The maximum atomic E-state index is 12.4. The normalized spacial score (nSPS) is 12.0. The molecule has 0 spiro atoms. The second kappa shape index (κ2) is 7.67. The molecule has 3 aromatic rings. The molecule has 6 nitrogen and oxygen atoms in total. The second-order valence-corrected chi connectivity index (χ2v) is 6.79. The number of anilines is 1. The Kier molecular flexibility index (Phi) is 4.93. The molecule has 0 unspecified atom stereocenters. The van der Waals surface area contributed by atoms with Gasteiger partial charge in [0.15, 0.2) is 16.6 Å². The molecular weight excluding hydrogens is 364 g/mol. The Hall–Kier alpha value is -3.06. The standard InChI is InChI=1S/C20H18N2O4S/c1-2-9-24-15-6-3-13(4-7-15)16-11-27-20(21-16)22-19(23)14-5-8-17-18(10-14)26-12-25-17/h3-8,10-11H,2,9,12H2,1H3,(H,21,22,23). The lowest BCUT2D eigenvalue weighted by Crippen LogP contribution is -2.11. The van der Waals surface area contributed by atoms with Gasteiger partial charge in [0, 0.05) is 16.5 Å². The number of amides is 1. The molecule has 0 saturated carbocycles. The Morgan fingerprint density at radius 1 is 1.19 bits per heavy atom. The number of thiazole rings is 1. The fourth-order valence-electron chi connectivity index (χ4n) is 2.61. The SMILES string of the molecule is CCCOc1ccc(-c2csc(NC(=O)c3ccc4c(c3)OCO4)n2)cc1. The number of hydrogen-bond donors (Lipinski definition) is 1. The first-order valence-electron chi connectivity index (χ1n) is 8.62. The minimum absolute atomic E-state index is 0.179. The molecule has 0 atom stereocenters. The third-order valence-electron chi connectivity index (χ3n) is 3.98. The van der Waals surface area contributed by atoms with Crippen molar-refractivity contribution in [2.45, 2.75) is 13.3 Å². The summed E-state index contributed by atoms with van der Waals surface area (Å²) < 4.78 is 16.2. The van der Waals surface area contributed by atoms with Crippen LogP contribution in [0.2, 0.25) is 0 Å². The van der Waals surface area contributed by atoms with Gasteiger partial charge in [-0.1, -0.05) is 6.92 Å². The summed E-state index contributed by atoms with van der Waals surface area (Å²) in [5, 5.41) is 5.28. The van der Waals surface area contributed by atoms with E-state index in [0.717, 1.165) is 23.4 Å². The van der Waals surface area contributed by atoms with E-state index in [1.54, 1.807) is 18.2 Å². The Balaban J connectivity index is 1.44. The highest BCUT2D eigenvalue weighted by atomic mass is 32.1. The van der Waals surface area contributed by atoms with E-state index in [1.165, 1.54) is 11.3 Å². The summed E-state index contributed by atoms with van der Waals surface area (Å²) in [6, 6.07) is 12.9. The zero-order valence-corrected chi connectivity index (χ0v) is 15.5. The number of aromatic nitrogens is 1. The minimum Gasteiger partial charge on any atom is -0.494 e. The van der Waals surface area contributed by atoms with Crippen LogP contribution in [0.1, 0.15) is 23.7 Å². The summed E-state index contributed by atoms with van der Waals surface area (Å²) in [7, 11) is 0. The van der Waals surface area contributed by atoms with E-state index in [1.807, 2.05) is 29.6 Å².